The van der Waals surface area contributed by atoms with E-state index in [1.54, 1.807) is 23.9 Å². The van der Waals surface area contributed by atoms with Crippen molar-refractivity contribution in [2.45, 2.75) is 17.4 Å². The molecule has 1 unspecified atom stereocenters. The first-order valence-electron chi connectivity index (χ1n) is 4.64. The molecule has 5 heteroatoms. The van der Waals surface area contributed by atoms with Gasteiger partial charge in [-0.2, -0.15) is 0 Å². The van der Waals surface area contributed by atoms with Crippen molar-refractivity contribution in [3.8, 4) is 0 Å². The first-order chi connectivity index (χ1) is 7.54. The number of rotatable bonds is 5. The van der Waals surface area contributed by atoms with Gasteiger partial charge in [0.15, 0.2) is 5.54 Å². The molecule has 0 aliphatic heterocycles. The Hall–Kier alpha value is -1.49. The van der Waals surface area contributed by atoms with E-state index in [4.69, 9.17) is 5.11 Å². The Morgan fingerprint density at radius 3 is 2.38 bits per heavy atom. The lowest BCUT2D eigenvalue weighted by Gasteiger charge is -2.24. The number of carbonyl (C=O) groups excluding carboxylic acids is 1. The number of thioether (sulfide) groups is 1. The minimum Gasteiger partial charge on any atom is -0.479 e. The molecule has 1 aromatic rings. The van der Waals surface area contributed by atoms with Crippen LogP contribution in [0.3, 0.4) is 0 Å². The second kappa shape index (κ2) is 5.03. The summed E-state index contributed by atoms with van der Waals surface area (Å²) in [7, 11) is 0. The Kier molecular flexibility index (Phi) is 3.95. The summed E-state index contributed by atoms with van der Waals surface area (Å²) in [6.07, 6.45) is 2.34. The van der Waals surface area contributed by atoms with E-state index in [0.717, 1.165) is 4.90 Å². The predicted molar refractivity (Wildman–Crippen MR) is 62.4 cm³/mol. The van der Waals surface area contributed by atoms with Gasteiger partial charge in [-0.25, -0.2) is 4.79 Å². The summed E-state index contributed by atoms with van der Waals surface area (Å²) in [6, 6.07) is 7.06. The maximum Gasteiger partial charge on any atom is 0.333 e. The number of hydrogen-bond acceptors (Lipinski definition) is 3. The number of carbonyl (C=O) groups is 2. The molecular formula is C11H13NO3S. The van der Waals surface area contributed by atoms with E-state index >= 15 is 0 Å². The largest absolute Gasteiger partial charge is 0.479 e. The fourth-order valence-electron chi connectivity index (χ4n) is 1.31. The molecule has 1 aromatic carbocycles. The van der Waals surface area contributed by atoms with Gasteiger partial charge in [0.25, 0.3) is 0 Å². The monoisotopic (exact) mass is 239 g/mol. The number of amides is 1. The van der Waals surface area contributed by atoms with E-state index in [2.05, 4.69) is 5.32 Å². The number of carboxylic acid groups (broad SMARTS) is 1. The maximum atomic E-state index is 11.1. The number of hydrogen-bond donors (Lipinski definition) is 2. The van der Waals surface area contributed by atoms with Gasteiger partial charge in [-0.05, 0) is 30.9 Å². The van der Waals surface area contributed by atoms with Crippen LogP contribution in [0.2, 0.25) is 0 Å². The van der Waals surface area contributed by atoms with Crippen LogP contribution in [0.25, 0.3) is 0 Å². The van der Waals surface area contributed by atoms with Crippen molar-refractivity contribution in [1.29, 1.82) is 0 Å². The Morgan fingerprint density at radius 2 is 2.00 bits per heavy atom. The van der Waals surface area contributed by atoms with E-state index in [1.165, 1.54) is 6.92 Å². The van der Waals surface area contributed by atoms with Crippen molar-refractivity contribution < 1.29 is 14.7 Å². The van der Waals surface area contributed by atoms with Crippen LogP contribution in [-0.2, 0) is 15.1 Å². The number of aliphatic carboxylic acids is 1. The van der Waals surface area contributed by atoms with Crippen LogP contribution in [-0.4, -0.2) is 23.7 Å². The molecule has 4 nitrogen and oxygen atoms in total. The van der Waals surface area contributed by atoms with Gasteiger partial charge in [-0.1, -0.05) is 12.1 Å². The molecule has 1 amide bonds. The highest BCUT2D eigenvalue weighted by molar-refractivity contribution is 7.98. The Balaban J connectivity index is 3.11. The molecular weight excluding hydrogens is 226 g/mol. The number of benzene rings is 1. The second-order valence-electron chi connectivity index (χ2n) is 3.42. The molecule has 0 heterocycles. The summed E-state index contributed by atoms with van der Waals surface area (Å²) in [5, 5.41) is 11.4. The van der Waals surface area contributed by atoms with E-state index in [1.807, 2.05) is 18.4 Å². The van der Waals surface area contributed by atoms with Gasteiger partial charge >= 0.3 is 5.97 Å². The summed E-state index contributed by atoms with van der Waals surface area (Å²) in [5.41, 5.74) is -0.830. The molecule has 1 rings (SSSR count). The fourth-order valence-corrected chi connectivity index (χ4v) is 1.72. The minimum absolute atomic E-state index is 0.399. The molecule has 0 radical (unpaired) electrons. The van der Waals surface area contributed by atoms with E-state index < -0.39 is 11.5 Å². The fraction of sp³-hybridized carbons (Fsp3) is 0.273. The van der Waals surface area contributed by atoms with Gasteiger partial charge in [0, 0.05) is 4.90 Å². The lowest BCUT2D eigenvalue weighted by atomic mass is 9.92. The van der Waals surface area contributed by atoms with Gasteiger partial charge in [0.05, 0.1) is 0 Å². The Labute approximate surface area is 98.0 Å². The van der Waals surface area contributed by atoms with Crippen LogP contribution in [0.4, 0.5) is 0 Å². The molecule has 0 bridgehead atoms. The van der Waals surface area contributed by atoms with Gasteiger partial charge < -0.3 is 10.4 Å². The summed E-state index contributed by atoms with van der Waals surface area (Å²) in [5.74, 6) is -1.09. The standard InChI is InChI=1S/C11H13NO3S/c1-11(10(14)15,12-7-13)8-3-5-9(16-2)6-4-8/h3-7H,1-2H3,(H,12,13)(H,14,15). The quantitative estimate of drug-likeness (QED) is 0.603. The topological polar surface area (TPSA) is 66.4 Å². The second-order valence-corrected chi connectivity index (χ2v) is 4.30. The van der Waals surface area contributed by atoms with Crippen molar-refractivity contribution in [2.24, 2.45) is 0 Å². The van der Waals surface area contributed by atoms with Gasteiger partial charge in [0.2, 0.25) is 6.41 Å². The molecule has 0 fully saturated rings. The van der Waals surface area contributed by atoms with Crippen LogP contribution >= 0.6 is 11.8 Å². The van der Waals surface area contributed by atoms with Gasteiger partial charge in [-0.3, -0.25) is 4.79 Å². The Bertz CT molecular complexity index is 391. The SMILES string of the molecule is CSc1ccc(C(C)(NC=O)C(=O)O)cc1. The molecule has 0 aliphatic carbocycles. The average Bonchev–Trinajstić information content (AvgIpc) is 2.29. The third kappa shape index (κ3) is 2.36. The van der Waals surface area contributed by atoms with Gasteiger partial charge in [0.1, 0.15) is 0 Å². The van der Waals surface area contributed by atoms with Crippen molar-refractivity contribution in [3.05, 3.63) is 29.8 Å². The van der Waals surface area contributed by atoms with Crippen molar-refractivity contribution in [3.63, 3.8) is 0 Å². The number of carboxylic acids is 1. The van der Waals surface area contributed by atoms with Crippen LogP contribution in [0.15, 0.2) is 29.2 Å². The van der Waals surface area contributed by atoms with Crippen LogP contribution < -0.4 is 5.32 Å². The molecule has 1 atom stereocenters. The first-order valence-corrected chi connectivity index (χ1v) is 5.86. The normalized spacial score (nSPS) is 13.9. The van der Waals surface area contributed by atoms with Crippen LogP contribution in [0, 0.1) is 0 Å². The molecule has 2 N–H and O–H groups in total. The lowest BCUT2D eigenvalue weighted by Crippen LogP contribution is -2.45. The number of nitrogens with one attached hydrogen (secondary N) is 1. The van der Waals surface area contributed by atoms with Crippen LogP contribution in [0.5, 0.6) is 0 Å². The van der Waals surface area contributed by atoms with Gasteiger partial charge in [-0.15, -0.1) is 11.8 Å². The Morgan fingerprint density at radius 1 is 1.44 bits per heavy atom. The first kappa shape index (κ1) is 12.6. The van der Waals surface area contributed by atoms with Crippen molar-refractivity contribution in [2.75, 3.05) is 6.26 Å². The zero-order chi connectivity index (χ0) is 12.2. The van der Waals surface area contributed by atoms with Crippen LogP contribution in [0.1, 0.15) is 12.5 Å². The third-order valence-corrected chi connectivity index (χ3v) is 3.19. The van der Waals surface area contributed by atoms with E-state index in [0.29, 0.717) is 12.0 Å². The summed E-state index contributed by atoms with van der Waals surface area (Å²) in [6.45, 7) is 1.46. The van der Waals surface area contributed by atoms with Crippen molar-refractivity contribution in [1.82, 2.24) is 5.32 Å². The molecule has 0 aromatic heterocycles. The average molecular weight is 239 g/mol. The molecule has 0 saturated heterocycles. The molecule has 0 spiro atoms. The molecule has 16 heavy (non-hydrogen) atoms. The zero-order valence-electron chi connectivity index (χ0n) is 9.06. The third-order valence-electron chi connectivity index (χ3n) is 2.44. The van der Waals surface area contributed by atoms with Crippen molar-refractivity contribution >= 4 is 24.1 Å². The molecule has 86 valence electrons. The minimum atomic E-state index is -1.38. The lowest BCUT2D eigenvalue weighted by molar-refractivity contribution is -0.145. The highest BCUT2D eigenvalue weighted by Crippen LogP contribution is 2.23. The summed E-state index contributed by atoms with van der Waals surface area (Å²) >= 11 is 1.57. The van der Waals surface area contributed by atoms with E-state index in [-0.39, 0.29) is 0 Å². The summed E-state index contributed by atoms with van der Waals surface area (Å²) < 4.78 is 0. The predicted octanol–water partition coefficient (Wildman–Crippen LogP) is 1.45. The highest BCUT2D eigenvalue weighted by Gasteiger charge is 2.34. The van der Waals surface area contributed by atoms with E-state index in [9.17, 15) is 9.59 Å². The molecule has 0 aliphatic rings. The zero-order valence-corrected chi connectivity index (χ0v) is 9.88. The summed E-state index contributed by atoms with van der Waals surface area (Å²) in [4.78, 5) is 22.6. The highest BCUT2D eigenvalue weighted by atomic mass is 32.2. The molecule has 0 saturated carbocycles. The maximum absolute atomic E-state index is 11.1. The smallest absolute Gasteiger partial charge is 0.333 e.